The first-order valence-corrected chi connectivity index (χ1v) is 8.74. The standard InChI is InChI=1S/C17H22N2S/c1-20-15-8-6-14(7-9-15)19-12-13-10-11-18-17-5-3-2-4-16(13)17/h2-5,10-11,14-15,19H,6-9,12H2,1H3. The van der Waals surface area contributed by atoms with Crippen LogP contribution in [0.3, 0.4) is 0 Å². The maximum Gasteiger partial charge on any atom is 0.0705 e. The highest BCUT2D eigenvalue weighted by Gasteiger charge is 2.19. The van der Waals surface area contributed by atoms with Crippen molar-refractivity contribution in [1.29, 1.82) is 0 Å². The van der Waals surface area contributed by atoms with Crippen LogP contribution in [0, 0.1) is 0 Å². The number of aromatic nitrogens is 1. The molecule has 3 rings (SSSR count). The van der Waals surface area contributed by atoms with Gasteiger partial charge in [-0.25, -0.2) is 0 Å². The highest BCUT2D eigenvalue weighted by molar-refractivity contribution is 7.99. The maximum absolute atomic E-state index is 4.43. The normalized spacial score (nSPS) is 23.1. The summed E-state index contributed by atoms with van der Waals surface area (Å²) in [5.74, 6) is 0. The lowest BCUT2D eigenvalue weighted by atomic mass is 9.94. The van der Waals surface area contributed by atoms with Gasteiger partial charge in [0.15, 0.2) is 0 Å². The monoisotopic (exact) mass is 286 g/mol. The Kier molecular flexibility index (Phi) is 4.58. The molecule has 0 bridgehead atoms. The highest BCUT2D eigenvalue weighted by atomic mass is 32.2. The summed E-state index contributed by atoms with van der Waals surface area (Å²) in [5.41, 5.74) is 2.46. The van der Waals surface area contributed by atoms with Crippen LogP contribution in [0.5, 0.6) is 0 Å². The van der Waals surface area contributed by atoms with Crippen molar-refractivity contribution in [2.45, 2.75) is 43.5 Å². The van der Waals surface area contributed by atoms with E-state index in [1.165, 1.54) is 36.6 Å². The molecule has 0 atom stereocenters. The Hall–Kier alpha value is -1.06. The lowest BCUT2D eigenvalue weighted by Crippen LogP contribution is -2.33. The topological polar surface area (TPSA) is 24.9 Å². The third-order valence-electron chi connectivity index (χ3n) is 4.33. The third-order valence-corrected chi connectivity index (χ3v) is 5.47. The first kappa shape index (κ1) is 13.9. The van der Waals surface area contributed by atoms with Gasteiger partial charge in [-0.1, -0.05) is 18.2 Å². The van der Waals surface area contributed by atoms with Gasteiger partial charge in [-0.15, -0.1) is 0 Å². The molecule has 3 heteroatoms. The molecule has 0 saturated heterocycles. The van der Waals surface area contributed by atoms with Crippen molar-refractivity contribution in [3.8, 4) is 0 Å². The van der Waals surface area contributed by atoms with Gasteiger partial charge in [0, 0.05) is 29.4 Å². The summed E-state index contributed by atoms with van der Waals surface area (Å²) in [4.78, 5) is 4.43. The summed E-state index contributed by atoms with van der Waals surface area (Å²) < 4.78 is 0. The van der Waals surface area contributed by atoms with Crippen LogP contribution in [0.25, 0.3) is 10.9 Å². The van der Waals surface area contributed by atoms with E-state index in [4.69, 9.17) is 0 Å². The smallest absolute Gasteiger partial charge is 0.0705 e. The predicted octanol–water partition coefficient (Wildman–Crippen LogP) is 4.00. The lowest BCUT2D eigenvalue weighted by Gasteiger charge is -2.28. The van der Waals surface area contributed by atoms with Crippen LogP contribution in [0.15, 0.2) is 36.5 Å². The number of para-hydroxylation sites is 1. The minimum absolute atomic E-state index is 0.685. The van der Waals surface area contributed by atoms with E-state index in [9.17, 15) is 0 Å². The molecule has 1 aliphatic carbocycles. The van der Waals surface area contributed by atoms with Crippen LogP contribution in [0.4, 0.5) is 0 Å². The van der Waals surface area contributed by atoms with Gasteiger partial charge in [0.1, 0.15) is 0 Å². The minimum Gasteiger partial charge on any atom is -0.310 e. The molecular formula is C17H22N2S. The van der Waals surface area contributed by atoms with E-state index in [-0.39, 0.29) is 0 Å². The van der Waals surface area contributed by atoms with E-state index >= 15 is 0 Å². The molecule has 0 radical (unpaired) electrons. The first-order valence-electron chi connectivity index (χ1n) is 7.45. The Morgan fingerprint density at radius 3 is 2.75 bits per heavy atom. The van der Waals surface area contributed by atoms with Crippen LogP contribution in [-0.2, 0) is 6.54 Å². The molecule has 1 aromatic heterocycles. The molecule has 1 aromatic carbocycles. The average molecular weight is 286 g/mol. The summed E-state index contributed by atoms with van der Waals surface area (Å²) in [6, 6.07) is 11.2. The number of nitrogens with zero attached hydrogens (tertiary/aromatic N) is 1. The second-order valence-corrected chi connectivity index (χ2v) is 6.72. The quantitative estimate of drug-likeness (QED) is 0.919. The molecule has 1 aliphatic rings. The van der Waals surface area contributed by atoms with Crippen molar-refractivity contribution >= 4 is 22.7 Å². The summed E-state index contributed by atoms with van der Waals surface area (Å²) in [6.07, 6.45) is 9.50. The third kappa shape index (κ3) is 3.15. The van der Waals surface area contributed by atoms with E-state index in [1.54, 1.807) is 0 Å². The van der Waals surface area contributed by atoms with Crippen LogP contribution < -0.4 is 5.32 Å². The fraction of sp³-hybridized carbons (Fsp3) is 0.471. The predicted molar refractivity (Wildman–Crippen MR) is 88.1 cm³/mol. The van der Waals surface area contributed by atoms with E-state index in [2.05, 4.69) is 46.9 Å². The van der Waals surface area contributed by atoms with Gasteiger partial charge in [0.05, 0.1) is 5.52 Å². The summed E-state index contributed by atoms with van der Waals surface area (Å²) in [6.45, 7) is 0.956. The number of fused-ring (bicyclic) bond motifs is 1. The zero-order chi connectivity index (χ0) is 13.8. The van der Waals surface area contributed by atoms with Crippen molar-refractivity contribution in [1.82, 2.24) is 10.3 Å². The lowest BCUT2D eigenvalue weighted by molar-refractivity contribution is 0.379. The molecule has 0 unspecified atom stereocenters. The Bertz CT molecular complexity index is 556. The second-order valence-electron chi connectivity index (χ2n) is 5.58. The minimum atomic E-state index is 0.685. The molecule has 1 saturated carbocycles. The SMILES string of the molecule is CSC1CCC(NCc2ccnc3ccccc23)CC1. The number of pyridine rings is 1. The van der Waals surface area contributed by atoms with Crippen molar-refractivity contribution in [2.24, 2.45) is 0 Å². The number of benzene rings is 1. The second kappa shape index (κ2) is 6.59. The molecule has 0 aliphatic heterocycles. The molecular weight excluding hydrogens is 264 g/mol. The van der Waals surface area contributed by atoms with Crippen LogP contribution >= 0.6 is 11.8 Å². The van der Waals surface area contributed by atoms with Gasteiger partial charge >= 0.3 is 0 Å². The van der Waals surface area contributed by atoms with E-state index < -0.39 is 0 Å². The van der Waals surface area contributed by atoms with Crippen molar-refractivity contribution in [2.75, 3.05) is 6.26 Å². The molecule has 1 fully saturated rings. The first-order chi connectivity index (χ1) is 9.86. The van der Waals surface area contributed by atoms with E-state index in [0.29, 0.717) is 6.04 Å². The molecule has 20 heavy (non-hydrogen) atoms. The Morgan fingerprint density at radius 2 is 1.95 bits per heavy atom. The Morgan fingerprint density at radius 1 is 1.15 bits per heavy atom. The molecule has 2 nitrogen and oxygen atoms in total. The summed E-state index contributed by atoms with van der Waals surface area (Å²) in [5, 5.41) is 5.90. The number of hydrogen-bond donors (Lipinski definition) is 1. The van der Waals surface area contributed by atoms with Gasteiger partial charge in [-0.05, 0) is 49.6 Å². The fourth-order valence-electron chi connectivity index (χ4n) is 3.07. The highest BCUT2D eigenvalue weighted by Crippen LogP contribution is 2.27. The summed E-state index contributed by atoms with van der Waals surface area (Å²) >= 11 is 2.03. The van der Waals surface area contributed by atoms with Crippen molar-refractivity contribution < 1.29 is 0 Å². The summed E-state index contributed by atoms with van der Waals surface area (Å²) in [7, 11) is 0. The van der Waals surface area contributed by atoms with E-state index in [1.807, 2.05) is 18.0 Å². The van der Waals surface area contributed by atoms with Crippen molar-refractivity contribution in [3.05, 3.63) is 42.1 Å². The van der Waals surface area contributed by atoms with Gasteiger partial charge in [0.25, 0.3) is 0 Å². The van der Waals surface area contributed by atoms with Crippen LogP contribution in [0.1, 0.15) is 31.2 Å². The molecule has 106 valence electrons. The molecule has 1 heterocycles. The number of hydrogen-bond acceptors (Lipinski definition) is 3. The van der Waals surface area contributed by atoms with E-state index in [0.717, 1.165) is 17.3 Å². The van der Waals surface area contributed by atoms with Gasteiger partial charge in [-0.3, -0.25) is 4.98 Å². The van der Waals surface area contributed by atoms with Gasteiger partial charge in [-0.2, -0.15) is 11.8 Å². The average Bonchev–Trinajstić information content (AvgIpc) is 2.53. The Labute approximate surface area is 125 Å². The zero-order valence-electron chi connectivity index (χ0n) is 12.0. The maximum atomic E-state index is 4.43. The number of rotatable bonds is 4. The fourth-order valence-corrected chi connectivity index (χ4v) is 3.81. The Balaban J connectivity index is 1.63. The molecule has 1 N–H and O–H groups in total. The van der Waals surface area contributed by atoms with Crippen LogP contribution in [0.2, 0.25) is 0 Å². The van der Waals surface area contributed by atoms with Gasteiger partial charge in [0.2, 0.25) is 0 Å². The van der Waals surface area contributed by atoms with Crippen molar-refractivity contribution in [3.63, 3.8) is 0 Å². The number of nitrogens with one attached hydrogen (secondary N) is 1. The molecule has 0 amide bonds. The number of thioether (sulfide) groups is 1. The van der Waals surface area contributed by atoms with Gasteiger partial charge < -0.3 is 5.32 Å². The molecule has 0 spiro atoms. The molecule has 2 aromatic rings. The zero-order valence-corrected chi connectivity index (χ0v) is 12.8. The largest absolute Gasteiger partial charge is 0.310 e. The van der Waals surface area contributed by atoms with Crippen LogP contribution in [-0.4, -0.2) is 22.5 Å².